The number of allylic oxidation sites excluding steroid dienone is 2. The van der Waals surface area contributed by atoms with Crippen LogP contribution in [0, 0.1) is 62.6 Å². The van der Waals surface area contributed by atoms with Gasteiger partial charge in [-0.3, -0.25) is 0 Å². The molecule has 4 saturated carbocycles. The molecule has 0 aromatic carbocycles. The van der Waals surface area contributed by atoms with Gasteiger partial charge in [-0.05, 0) is 120 Å². The highest BCUT2D eigenvalue weighted by Crippen LogP contribution is 2.76. The average molecular weight is 425 g/mol. The predicted molar refractivity (Wildman–Crippen MR) is 134 cm³/mol. The normalized spacial score (nSPS) is 55.7. The van der Waals surface area contributed by atoms with Gasteiger partial charge in [-0.1, -0.05) is 74.0 Å². The van der Waals surface area contributed by atoms with E-state index in [-0.39, 0.29) is 0 Å². The lowest BCUT2D eigenvalue weighted by Gasteiger charge is -2.69. The van der Waals surface area contributed by atoms with Gasteiger partial charge in [0.2, 0.25) is 0 Å². The van der Waals surface area contributed by atoms with E-state index in [1.165, 1.54) is 57.8 Å². The molecule has 5 aliphatic rings. The molecule has 9 atom stereocenters. The maximum absolute atomic E-state index is 2.86. The van der Waals surface area contributed by atoms with Crippen LogP contribution in [0.15, 0.2) is 11.6 Å². The molecule has 0 amide bonds. The number of hydrogen-bond acceptors (Lipinski definition) is 0. The van der Waals surface area contributed by atoms with Crippen LogP contribution in [0.5, 0.6) is 0 Å². The Morgan fingerprint density at radius 2 is 1.45 bits per heavy atom. The molecule has 0 heteroatoms. The van der Waals surface area contributed by atoms with Crippen molar-refractivity contribution in [1.82, 2.24) is 0 Å². The third-order valence-electron chi connectivity index (χ3n) is 13.8. The van der Waals surface area contributed by atoms with E-state index in [1.807, 2.05) is 5.57 Å². The minimum atomic E-state index is 0.458. The molecule has 5 rings (SSSR count). The first kappa shape index (κ1) is 22.5. The van der Waals surface area contributed by atoms with Crippen LogP contribution in [-0.4, -0.2) is 0 Å². The first-order valence-corrected chi connectivity index (χ1v) is 14.0. The fourth-order valence-corrected chi connectivity index (χ4v) is 11.4. The van der Waals surface area contributed by atoms with E-state index in [2.05, 4.69) is 68.4 Å². The maximum Gasteiger partial charge on any atom is -0.00799 e. The van der Waals surface area contributed by atoms with Gasteiger partial charge in [0.25, 0.3) is 0 Å². The van der Waals surface area contributed by atoms with Crippen LogP contribution < -0.4 is 0 Å². The lowest BCUT2D eigenvalue weighted by Crippen LogP contribution is -2.61. The summed E-state index contributed by atoms with van der Waals surface area (Å²) >= 11 is 0. The summed E-state index contributed by atoms with van der Waals surface area (Å²) in [5.74, 6) is 5.31. The van der Waals surface area contributed by atoms with Gasteiger partial charge in [0.15, 0.2) is 0 Å². The second-order valence-corrected chi connectivity index (χ2v) is 15.0. The van der Waals surface area contributed by atoms with Crippen molar-refractivity contribution in [3.8, 4) is 0 Å². The molecule has 5 aliphatic carbocycles. The van der Waals surface area contributed by atoms with E-state index in [1.54, 1.807) is 0 Å². The van der Waals surface area contributed by atoms with Gasteiger partial charge in [-0.15, -0.1) is 0 Å². The Balaban J connectivity index is 1.55. The van der Waals surface area contributed by atoms with Gasteiger partial charge in [-0.2, -0.15) is 0 Å². The second kappa shape index (κ2) is 6.66. The molecule has 31 heavy (non-hydrogen) atoms. The first-order valence-electron chi connectivity index (χ1n) is 14.0. The fraction of sp³-hybridized carbons (Fsp3) is 0.935. The van der Waals surface area contributed by atoms with E-state index in [0.717, 1.165) is 35.5 Å². The van der Waals surface area contributed by atoms with Crippen LogP contribution >= 0.6 is 0 Å². The molecular formula is C31H52. The highest BCUT2D eigenvalue weighted by atomic mass is 14.7. The summed E-state index contributed by atoms with van der Waals surface area (Å²) in [4.78, 5) is 0. The van der Waals surface area contributed by atoms with E-state index in [0.29, 0.717) is 27.1 Å². The summed E-state index contributed by atoms with van der Waals surface area (Å²) in [5.41, 5.74) is 4.47. The van der Waals surface area contributed by atoms with Gasteiger partial charge in [0.1, 0.15) is 0 Å². The highest BCUT2D eigenvalue weighted by Gasteiger charge is 2.68. The molecular weight excluding hydrogens is 372 g/mol. The van der Waals surface area contributed by atoms with Crippen LogP contribution in [0.25, 0.3) is 0 Å². The minimum Gasteiger partial charge on any atom is -0.0839 e. The number of hydrogen-bond donors (Lipinski definition) is 0. The zero-order chi connectivity index (χ0) is 22.6. The maximum atomic E-state index is 2.86. The summed E-state index contributed by atoms with van der Waals surface area (Å²) in [5, 5.41) is 0. The van der Waals surface area contributed by atoms with Gasteiger partial charge in [0, 0.05) is 0 Å². The van der Waals surface area contributed by atoms with E-state index < -0.39 is 0 Å². The summed E-state index contributed by atoms with van der Waals surface area (Å²) in [7, 11) is 0. The van der Waals surface area contributed by atoms with E-state index >= 15 is 0 Å². The Morgan fingerprint density at radius 3 is 2.13 bits per heavy atom. The lowest BCUT2D eigenvalue weighted by atomic mass is 9.35. The average Bonchev–Trinajstić information content (AvgIpc) is 3.05. The van der Waals surface area contributed by atoms with Gasteiger partial charge >= 0.3 is 0 Å². The van der Waals surface area contributed by atoms with E-state index in [9.17, 15) is 0 Å². The Labute approximate surface area is 194 Å². The predicted octanol–water partition coefficient (Wildman–Crippen LogP) is 9.30. The molecule has 176 valence electrons. The summed E-state index contributed by atoms with van der Waals surface area (Å²) < 4.78 is 0. The van der Waals surface area contributed by atoms with Crippen molar-refractivity contribution in [3.05, 3.63) is 11.6 Å². The Kier molecular flexibility index (Phi) is 4.84. The molecule has 0 aromatic rings. The van der Waals surface area contributed by atoms with Crippen molar-refractivity contribution in [2.45, 2.75) is 120 Å². The zero-order valence-electron chi connectivity index (χ0n) is 22.4. The highest BCUT2D eigenvalue weighted by molar-refractivity contribution is 5.33. The Bertz CT molecular complexity index is 771. The monoisotopic (exact) mass is 424 g/mol. The molecule has 0 aliphatic heterocycles. The lowest BCUT2D eigenvalue weighted by molar-refractivity contribution is -0.159. The number of rotatable bonds is 1. The second-order valence-electron chi connectivity index (χ2n) is 15.0. The SMILES string of the molecule is CC(C)[C@@H]1CC[C@H]2[C@@]1(C)CC[C@@]1(C)[C@@H]3CC[C@H]4C(C)(C)[C@H](C)CC[C@]4(C)C3=CC[C@]21C. The molecule has 0 heterocycles. The molecule has 0 radical (unpaired) electrons. The van der Waals surface area contributed by atoms with Crippen LogP contribution in [0.2, 0.25) is 0 Å². The van der Waals surface area contributed by atoms with Crippen LogP contribution in [-0.2, 0) is 0 Å². The third kappa shape index (κ3) is 2.60. The first-order chi connectivity index (χ1) is 14.3. The van der Waals surface area contributed by atoms with Crippen molar-refractivity contribution in [2.24, 2.45) is 62.6 Å². The van der Waals surface area contributed by atoms with Crippen molar-refractivity contribution < 1.29 is 0 Å². The molecule has 0 saturated heterocycles. The standard InChI is InChI=1S/C31H52/c1-20(2)22-10-13-26-29(22,7)18-19-30(8)24-11-12-25-27(4,5)21(3)14-16-28(25,6)23(24)15-17-31(26,30)9/h15,20-22,24-26H,10-14,16-19H2,1-9H3/t21-,22+,24-,25+,26+,28-,29+,30+,31-/m1/s1. The molecule has 0 spiro atoms. The van der Waals surface area contributed by atoms with Gasteiger partial charge in [0.05, 0.1) is 0 Å². The van der Waals surface area contributed by atoms with Crippen molar-refractivity contribution in [2.75, 3.05) is 0 Å². The number of fused-ring (bicyclic) bond motifs is 7. The summed E-state index contributed by atoms with van der Waals surface area (Å²) in [6.45, 7) is 23.7. The molecule has 4 fully saturated rings. The molecule has 0 bridgehead atoms. The van der Waals surface area contributed by atoms with Crippen LogP contribution in [0.1, 0.15) is 120 Å². The smallest absolute Gasteiger partial charge is 0.00799 e. The molecule has 0 nitrogen and oxygen atoms in total. The minimum absolute atomic E-state index is 0.458. The molecule has 0 unspecified atom stereocenters. The van der Waals surface area contributed by atoms with E-state index in [4.69, 9.17) is 0 Å². The zero-order valence-corrected chi connectivity index (χ0v) is 22.4. The van der Waals surface area contributed by atoms with Crippen molar-refractivity contribution >= 4 is 0 Å². The summed E-state index contributed by atoms with van der Waals surface area (Å²) in [6, 6.07) is 0. The van der Waals surface area contributed by atoms with Crippen LogP contribution in [0.4, 0.5) is 0 Å². The van der Waals surface area contributed by atoms with Crippen molar-refractivity contribution in [3.63, 3.8) is 0 Å². The van der Waals surface area contributed by atoms with Crippen LogP contribution in [0.3, 0.4) is 0 Å². The molecule has 0 aromatic heterocycles. The topological polar surface area (TPSA) is 0 Å². The Morgan fingerprint density at radius 1 is 0.774 bits per heavy atom. The quantitative estimate of drug-likeness (QED) is 0.368. The van der Waals surface area contributed by atoms with Gasteiger partial charge < -0.3 is 0 Å². The van der Waals surface area contributed by atoms with Crippen molar-refractivity contribution in [1.29, 1.82) is 0 Å². The third-order valence-corrected chi connectivity index (χ3v) is 13.8. The Hall–Kier alpha value is -0.260. The van der Waals surface area contributed by atoms with Gasteiger partial charge in [-0.25, -0.2) is 0 Å². The fourth-order valence-electron chi connectivity index (χ4n) is 11.4. The molecule has 0 N–H and O–H groups in total. The summed E-state index contributed by atoms with van der Waals surface area (Å²) in [6.07, 6.45) is 16.0. The largest absolute Gasteiger partial charge is 0.0839 e.